The average molecular weight is 215 g/mol. The van der Waals surface area contributed by atoms with E-state index in [1.807, 2.05) is 24.3 Å². The van der Waals surface area contributed by atoms with E-state index < -0.39 is 5.95 Å². The number of halogens is 1. The van der Waals surface area contributed by atoms with Crippen molar-refractivity contribution in [1.82, 2.24) is 4.98 Å². The Hall–Kier alpha value is -2.23. The second-order valence-electron chi connectivity index (χ2n) is 3.27. The molecule has 1 aromatic carbocycles. The first kappa shape index (κ1) is 10.3. The van der Waals surface area contributed by atoms with Gasteiger partial charge in [0.1, 0.15) is 0 Å². The molecule has 3 nitrogen and oxygen atoms in total. The highest BCUT2D eigenvalue weighted by molar-refractivity contribution is 5.80. The first-order chi connectivity index (χ1) is 7.79. The number of aromatic nitrogens is 1. The molecule has 0 saturated carbocycles. The largest absolute Gasteiger partial charge is 0.323 e. The lowest BCUT2D eigenvalue weighted by atomic mass is 10.1. The first-order valence-corrected chi connectivity index (χ1v) is 4.75. The lowest BCUT2D eigenvalue weighted by Gasteiger charge is -2.01. The minimum atomic E-state index is -0.476. The summed E-state index contributed by atoms with van der Waals surface area (Å²) in [5.74, 6) is 4.57. The molecule has 0 unspecified atom stereocenters. The second kappa shape index (κ2) is 4.53. The maximum Gasteiger partial charge on any atom is 0.212 e. The zero-order valence-corrected chi connectivity index (χ0v) is 8.47. The van der Waals surface area contributed by atoms with Gasteiger partial charge in [-0.25, -0.2) is 4.98 Å². The Bertz CT molecular complexity index is 489. The summed E-state index contributed by atoms with van der Waals surface area (Å²) in [6, 6.07) is 10.6. The number of benzene rings is 1. The van der Waals surface area contributed by atoms with Crippen LogP contribution in [0, 0.1) is 5.95 Å². The smallest absolute Gasteiger partial charge is 0.212 e. The number of hydrogen-bond acceptors (Lipinski definition) is 3. The molecule has 0 bridgehead atoms. The third-order valence-electron chi connectivity index (χ3n) is 2.20. The quantitative estimate of drug-likeness (QED) is 0.361. The van der Waals surface area contributed by atoms with Crippen LogP contribution in [-0.4, -0.2) is 11.2 Å². The predicted octanol–water partition coefficient (Wildman–Crippen LogP) is 2.18. The number of nitrogens with zero attached hydrogens (tertiary/aromatic N) is 2. The average Bonchev–Trinajstić information content (AvgIpc) is 2.32. The van der Waals surface area contributed by atoms with Gasteiger partial charge >= 0.3 is 0 Å². The van der Waals surface area contributed by atoms with Crippen LogP contribution in [0.5, 0.6) is 0 Å². The molecule has 2 N–H and O–H groups in total. The van der Waals surface area contributed by atoms with Crippen molar-refractivity contribution in [3.8, 4) is 11.1 Å². The van der Waals surface area contributed by atoms with E-state index in [0.717, 1.165) is 16.7 Å². The summed E-state index contributed by atoms with van der Waals surface area (Å²) in [5, 5.41) is 3.43. The van der Waals surface area contributed by atoms with E-state index >= 15 is 0 Å². The second-order valence-corrected chi connectivity index (χ2v) is 3.27. The molecule has 0 aliphatic rings. The van der Waals surface area contributed by atoms with E-state index in [4.69, 9.17) is 5.84 Å². The van der Waals surface area contributed by atoms with E-state index in [0.29, 0.717) is 0 Å². The summed E-state index contributed by atoms with van der Waals surface area (Å²) in [7, 11) is 0. The molecule has 0 aliphatic heterocycles. The fourth-order valence-corrected chi connectivity index (χ4v) is 1.39. The van der Waals surface area contributed by atoms with Crippen LogP contribution in [0.2, 0.25) is 0 Å². The van der Waals surface area contributed by atoms with E-state index in [9.17, 15) is 4.39 Å². The standard InChI is InChI=1S/C12H10FN3/c13-12-6-5-11(8-15-12)10-3-1-9(2-4-10)7-16-14/h1-8H,14H2. The van der Waals surface area contributed by atoms with Gasteiger partial charge in [-0.15, -0.1) is 0 Å². The molecule has 1 aromatic heterocycles. The Kier molecular flexibility index (Phi) is 2.91. The van der Waals surface area contributed by atoms with E-state index in [1.54, 1.807) is 12.3 Å². The van der Waals surface area contributed by atoms with Crippen LogP contribution in [0.1, 0.15) is 5.56 Å². The minimum absolute atomic E-state index is 0.476. The fourth-order valence-electron chi connectivity index (χ4n) is 1.39. The molecule has 1 heterocycles. The van der Waals surface area contributed by atoms with Gasteiger partial charge in [0.2, 0.25) is 5.95 Å². The summed E-state index contributed by atoms with van der Waals surface area (Å²) in [4.78, 5) is 3.60. The van der Waals surface area contributed by atoms with Crippen LogP contribution in [0.3, 0.4) is 0 Å². The number of hydrazone groups is 1. The lowest BCUT2D eigenvalue weighted by Crippen LogP contribution is -1.87. The molecule has 2 aromatic rings. The Morgan fingerprint density at radius 1 is 1.06 bits per heavy atom. The van der Waals surface area contributed by atoms with Gasteiger partial charge in [-0.2, -0.15) is 9.49 Å². The molecular weight excluding hydrogens is 205 g/mol. The van der Waals surface area contributed by atoms with Gasteiger partial charge in [0, 0.05) is 11.8 Å². The minimum Gasteiger partial charge on any atom is -0.323 e. The molecular formula is C12H10FN3. The molecule has 0 amide bonds. The Morgan fingerprint density at radius 3 is 2.31 bits per heavy atom. The van der Waals surface area contributed by atoms with E-state index in [2.05, 4.69) is 10.1 Å². The highest BCUT2D eigenvalue weighted by Gasteiger charge is 1.98. The number of hydrogen-bond donors (Lipinski definition) is 1. The maximum atomic E-state index is 12.6. The van der Waals surface area contributed by atoms with Gasteiger partial charge in [-0.1, -0.05) is 24.3 Å². The van der Waals surface area contributed by atoms with Crippen molar-refractivity contribution in [2.45, 2.75) is 0 Å². The number of rotatable bonds is 2. The van der Waals surface area contributed by atoms with Gasteiger partial charge in [-0.05, 0) is 23.3 Å². The van der Waals surface area contributed by atoms with Crippen molar-refractivity contribution in [1.29, 1.82) is 0 Å². The third kappa shape index (κ3) is 2.23. The van der Waals surface area contributed by atoms with E-state index in [-0.39, 0.29) is 0 Å². The highest BCUT2D eigenvalue weighted by Crippen LogP contribution is 2.18. The molecule has 0 spiro atoms. The molecule has 0 aliphatic carbocycles. The van der Waals surface area contributed by atoms with Crippen LogP contribution in [0.4, 0.5) is 4.39 Å². The Labute approximate surface area is 92.4 Å². The molecule has 0 atom stereocenters. The number of nitrogens with two attached hydrogens (primary N) is 1. The van der Waals surface area contributed by atoms with Crippen LogP contribution < -0.4 is 5.84 Å². The lowest BCUT2D eigenvalue weighted by molar-refractivity contribution is 0.584. The van der Waals surface area contributed by atoms with Crippen LogP contribution in [-0.2, 0) is 0 Å². The van der Waals surface area contributed by atoms with Crippen molar-refractivity contribution >= 4 is 6.21 Å². The van der Waals surface area contributed by atoms with Gasteiger partial charge in [0.15, 0.2) is 0 Å². The first-order valence-electron chi connectivity index (χ1n) is 4.75. The van der Waals surface area contributed by atoms with Crippen LogP contribution in [0.15, 0.2) is 47.7 Å². The van der Waals surface area contributed by atoms with Gasteiger partial charge in [-0.3, -0.25) is 0 Å². The zero-order chi connectivity index (χ0) is 11.4. The topological polar surface area (TPSA) is 51.3 Å². The van der Waals surface area contributed by atoms with Gasteiger partial charge < -0.3 is 5.84 Å². The van der Waals surface area contributed by atoms with Gasteiger partial charge in [0.25, 0.3) is 0 Å². The van der Waals surface area contributed by atoms with Crippen molar-refractivity contribution in [3.05, 3.63) is 54.1 Å². The Balaban J connectivity index is 2.31. The third-order valence-corrected chi connectivity index (χ3v) is 2.20. The Morgan fingerprint density at radius 2 is 1.75 bits per heavy atom. The maximum absolute atomic E-state index is 12.6. The number of pyridine rings is 1. The van der Waals surface area contributed by atoms with Crippen molar-refractivity contribution in [2.75, 3.05) is 0 Å². The van der Waals surface area contributed by atoms with E-state index in [1.165, 1.54) is 12.3 Å². The monoisotopic (exact) mass is 215 g/mol. The summed E-state index contributed by atoms with van der Waals surface area (Å²) < 4.78 is 12.6. The summed E-state index contributed by atoms with van der Waals surface area (Å²) in [6.45, 7) is 0. The van der Waals surface area contributed by atoms with Crippen LogP contribution >= 0.6 is 0 Å². The summed E-state index contributed by atoms with van der Waals surface area (Å²) >= 11 is 0. The SMILES string of the molecule is NN=Cc1ccc(-c2ccc(F)nc2)cc1. The summed E-state index contributed by atoms with van der Waals surface area (Å²) in [5.41, 5.74) is 2.76. The summed E-state index contributed by atoms with van der Waals surface area (Å²) in [6.07, 6.45) is 3.06. The molecule has 0 radical (unpaired) electrons. The molecule has 4 heteroatoms. The molecule has 2 rings (SSSR count). The van der Waals surface area contributed by atoms with Crippen molar-refractivity contribution in [2.24, 2.45) is 10.9 Å². The van der Waals surface area contributed by atoms with Crippen LogP contribution in [0.25, 0.3) is 11.1 Å². The zero-order valence-electron chi connectivity index (χ0n) is 8.47. The highest BCUT2D eigenvalue weighted by atomic mass is 19.1. The molecule has 80 valence electrons. The molecule has 0 fully saturated rings. The predicted molar refractivity (Wildman–Crippen MR) is 61.4 cm³/mol. The fraction of sp³-hybridized carbons (Fsp3) is 0. The van der Waals surface area contributed by atoms with Crippen molar-refractivity contribution in [3.63, 3.8) is 0 Å². The van der Waals surface area contributed by atoms with Crippen molar-refractivity contribution < 1.29 is 4.39 Å². The molecule has 0 saturated heterocycles. The van der Waals surface area contributed by atoms with Gasteiger partial charge in [0.05, 0.1) is 6.21 Å². The molecule has 16 heavy (non-hydrogen) atoms. The normalized spacial score (nSPS) is 10.8.